The quantitative estimate of drug-likeness (QED) is 0.769. The van der Waals surface area contributed by atoms with E-state index < -0.39 is 21.8 Å². The van der Waals surface area contributed by atoms with Crippen LogP contribution in [-0.2, 0) is 21.2 Å². The van der Waals surface area contributed by atoms with Gasteiger partial charge in [0.1, 0.15) is 5.82 Å². The number of hydrogen-bond donors (Lipinski definition) is 1. The van der Waals surface area contributed by atoms with Crippen LogP contribution < -0.4 is 5.32 Å². The second-order valence-corrected chi connectivity index (χ2v) is 9.16. The fraction of sp³-hybridized carbons (Fsp3) is 0.381. The molecule has 1 amide bonds. The van der Waals surface area contributed by atoms with E-state index >= 15 is 0 Å². The summed E-state index contributed by atoms with van der Waals surface area (Å²) in [6.07, 6.45) is 2.45. The summed E-state index contributed by atoms with van der Waals surface area (Å²) in [4.78, 5) is 12.5. The number of halogens is 1. The lowest BCUT2D eigenvalue weighted by molar-refractivity contribution is -0.120. The summed E-state index contributed by atoms with van der Waals surface area (Å²) in [5.41, 5.74) is 1.23. The molecule has 0 spiro atoms. The van der Waals surface area contributed by atoms with E-state index in [2.05, 4.69) is 5.32 Å². The Morgan fingerprint density at radius 3 is 2.57 bits per heavy atom. The van der Waals surface area contributed by atoms with E-state index in [-0.39, 0.29) is 23.9 Å². The number of sulfonamides is 1. The molecule has 1 aliphatic rings. The van der Waals surface area contributed by atoms with Crippen LogP contribution in [-0.4, -0.2) is 37.5 Å². The van der Waals surface area contributed by atoms with Crippen molar-refractivity contribution >= 4 is 21.6 Å². The molecule has 0 unspecified atom stereocenters. The largest absolute Gasteiger partial charge is 0.323 e. The first-order valence-corrected chi connectivity index (χ1v) is 11.1. The third-order valence-corrected chi connectivity index (χ3v) is 6.91. The van der Waals surface area contributed by atoms with Crippen molar-refractivity contribution in [3.05, 3.63) is 66.0 Å². The van der Waals surface area contributed by atoms with E-state index in [1.165, 1.54) is 16.4 Å². The molecule has 1 aliphatic heterocycles. The lowest BCUT2D eigenvalue weighted by Gasteiger charge is -2.31. The predicted molar refractivity (Wildman–Crippen MR) is 108 cm³/mol. The van der Waals surface area contributed by atoms with Gasteiger partial charge in [-0.05, 0) is 43.4 Å². The second-order valence-electron chi connectivity index (χ2n) is 7.07. The van der Waals surface area contributed by atoms with Crippen LogP contribution >= 0.6 is 0 Å². The van der Waals surface area contributed by atoms with Crippen molar-refractivity contribution in [3.63, 3.8) is 0 Å². The Hall–Kier alpha value is -2.25. The average molecular weight is 405 g/mol. The van der Waals surface area contributed by atoms with Crippen molar-refractivity contribution in [2.75, 3.05) is 24.2 Å². The zero-order valence-electron chi connectivity index (χ0n) is 15.7. The molecule has 2 aromatic carbocycles. The van der Waals surface area contributed by atoms with Crippen LogP contribution in [0.3, 0.4) is 0 Å². The van der Waals surface area contributed by atoms with Gasteiger partial charge in [0, 0.05) is 13.1 Å². The molecule has 2 aromatic rings. The van der Waals surface area contributed by atoms with Crippen LogP contribution in [0.4, 0.5) is 10.1 Å². The highest BCUT2D eigenvalue weighted by atomic mass is 32.2. The molecule has 7 heteroatoms. The van der Waals surface area contributed by atoms with E-state index in [1.807, 2.05) is 30.3 Å². The number of carbonyl (C=O) groups is 1. The van der Waals surface area contributed by atoms with Gasteiger partial charge in [-0.1, -0.05) is 42.5 Å². The maximum Gasteiger partial charge on any atom is 0.228 e. The molecule has 0 saturated carbocycles. The summed E-state index contributed by atoms with van der Waals surface area (Å²) >= 11 is 0. The third-order valence-electron chi connectivity index (χ3n) is 4.99. The minimum Gasteiger partial charge on any atom is -0.323 e. The van der Waals surface area contributed by atoms with Gasteiger partial charge in [-0.15, -0.1) is 0 Å². The fourth-order valence-corrected chi connectivity index (χ4v) is 5.02. The van der Waals surface area contributed by atoms with Gasteiger partial charge in [0.05, 0.1) is 17.4 Å². The summed E-state index contributed by atoms with van der Waals surface area (Å²) in [5.74, 6) is -1.26. The highest BCUT2D eigenvalue weighted by Crippen LogP contribution is 2.22. The minimum absolute atomic E-state index is 0.0591. The third kappa shape index (κ3) is 5.39. The SMILES string of the molecule is O=C(Nc1ccccc1F)[C@H]1CCCN(S(=O)(=O)CCCc2ccccc2)C1. The normalized spacial score (nSPS) is 18.0. The van der Waals surface area contributed by atoms with Gasteiger partial charge in [-0.25, -0.2) is 17.1 Å². The molecule has 28 heavy (non-hydrogen) atoms. The monoisotopic (exact) mass is 404 g/mol. The lowest BCUT2D eigenvalue weighted by atomic mass is 9.98. The summed E-state index contributed by atoms with van der Waals surface area (Å²) in [6, 6.07) is 15.7. The molecule has 1 fully saturated rings. The first kappa shape index (κ1) is 20.5. The van der Waals surface area contributed by atoms with Gasteiger partial charge in [-0.3, -0.25) is 4.79 Å². The number of aryl methyl sites for hydroxylation is 1. The van der Waals surface area contributed by atoms with Crippen molar-refractivity contribution < 1.29 is 17.6 Å². The molecule has 1 heterocycles. The van der Waals surface area contributed by atoms with Gasteiger partial charge in [0.15, 0.2) is 0 Å². The molecule has 5 nitrogen and oxygen atoms in total. The fourth-order valence-electron chi connectivity index (χ4n) is 3.44. The van der Waals surface area contributed by atoms with Crippen molar-refractivity contribution in [2.24, 2.45) is 5.92 Å². The van der Waals surface area contributed by atoms with Crippen LogP contribution in [0.15, 0.2) is 54.6 Å². The van der Waals surface area contributed by atoms with Crippen molar-refractivity contribution in [1.82, 2.24) is 4.31 Å². The summed E-state index contributed by atoms with van der Waals surface area (Å²) in [5, 5.41) is 2.58. The van der Waals surface area contributed by atoms with Crippen LogP contribution in [0.25, 0.3) is 0 Å². The standard InChI is InChI=1S/C21H25FN2O3S/c22-19-12-4-5-13-20(19)23-21(25)18-11-6-14-24(16-18)28(26,27)15-7-10-17-8-2-1-3-9-17/h1-5,8-9,12-13,18H,6-7,10-11,14-16H2,(H,23,25)/t18-/m0/s1. The lowest BCUT2D eigenvalue weighted by Crippen LogP contribution is -2.44. The highest BCUT2D eigenvalue weighted by Gasteiger charge is 2.32. The van der Waals surface area contributed by atoms with Gasteiger partial charge >= 0.3 is 0 Å². The number of piperidine rings is 1. The van der Waals surface area contributed by atoms with Crippen molar-refractivity contribution in [2.45, 2.75) is 25.7 Å². The Kier molecular flexibility index (Phi) is 6.80. The number of para-hydroxylation sites is 1. The highest BCUT2D eigenvalue weighted by molar-refractivity contribution is 7.89. The molecular formula is C21H25FN2O3S. The minimum atomic E-state index is -3.42. The average Bonchev–Trinajstić information content (AvgIpc) is 2.70. The molecule has 1 N–H and O–H groups in total. The predicted octanol–water partition coefficient (Wildman–Crippen LogP) is 3.44. The molecule has 1 saturated heterocycles. The molecular weight excluding hydrogens is 379 g/mol. The summed E-state index contributed by atoms with van der Waals surface area (Å²) in [7, 11) is -3.42. The zero-order valence-corrected chi connectivity index (χ0v) is 16.5. The first-order valence-electron chi connectivity index (χ1n) is 9.53. The summed E-state index contributed by atoms with van der Waals surface area (Å²) in [6.45, 7) is 0.575. The van der Waals surface area contributed by atoms with E-state index in [9.17, 15) is 17.6 Å². The van der Waals surface area contributed by atoms with Gasteiger partial charge in [0.2, 0.25) is 15.9 Å². The molecule has 1 atom stereocenters. The molecule has 0 aromatic heterocycles. The van der Waals surface area contributed by atoms with E-state index in [0.717, 1.165) is 5.56 Å². The van der Waals surface area contributed by atoms with E-state index in [1.54, 1.807) is 12.1 Å². The van der Waals surface area contributed by atoms with Crippen molar-refractivity contribution in [3.8, 4) is 0 Å². The maximum absolute atomic E-state index is 13.7. The second kappa shape index (κ2) is 9.30. The van der Waals surface area contributed by atoms with Gasteiger partial charge in [0.25, 0.3) is 0 Å². The number of anilines is 1. The molecule has 0 bridgehead atoms. The van der Waals surface area contributed by atoms with Crippen LogP contribution in [0.1, 0.15) is 24.8 Å². The maximum atomic E-state index is 13.7. The Bertz CT molecular complexity index is 903. The number of rotatable bonds is 7. The molecule has 0 radical (unpaired) electrons. The number of nitrogens with zero attached hydrogens (tertiary/aromatic N) is 1. The van der Waals surface area contributed by atoms with Crippen LogP contribution in [0.5, 0.6) is 0 Å². The van der Waals surface area contributed by atoms with Gasteiger partial charge < -0.3 is 5.32 Å². The smallest absolute Gasteiger partial charge is 0.228 e. The van der Waals surface area contributed by atoms with Gasteiger partial charge in [-0.2, -0.15) is 0 Å². The Morgan fingerprint density at radius 2 is 1.82 bits per heavy atom. The van der Waals surface area contributed by atoms with Crippen LogP contribution in [0, 0.1) is 11.7 Å². The topological polar surface area (TPSA) is 66.5 Å². The van der Waals surface area contributed by atoms with E-state index in [0.29, 0.717) is 32.2 Å². The van der Waals surface area contributed by atoms with Crippen molar-refractivity contribution in [1.29, 1.82) is 0 Å². The Morgan fingerprint density at radius 1 is 1.11 bits per heavy atom. The number of carbonyl (C=O) groups excluding carboxylic acids is 1. The van der Waals surface area contributed by atoms with E-state index in [4.69, 9.17) is 0 Å². The molecule has 3 rings (SSSR count). The molecule has 150 valence electrons. The summed E-state index contributed by atoms with van der Waals surface area (Å²) < 4.78 is 40.5. The Balaban J connectivity index is 1.55. The number of benzene rings is 2. The number of nitrogens with one attached hydrogen (secondary N) is 1. The molecule has 0 aliphatic carbocycles. The number of hydrogen-bond acceptors (Lipinski definition) is 3. The number of amides is 1. The first-order chi connectivity index (χ1) is 13.5. The van der Waals surface area contributed by atoms with Crippen LogP contribution in [0.2, 0.25) is 0 Å². The Labute approximate surface area is 165 Å². The zero-order chi connectivity index (χ0) is 20.0.